The molecule has 1 aliphatic heterocycles. The van der Waals surface area contributed by atoms with Gasteiger partial charge in [-0.1, -0.05) is 19.4 Å². The maximum atomic E-state index is 6.06. The molecular formula is C22H32N6. The molecule has 1 atom stereocenters. The fourth-order valence-corrected chi connectivity index (χ4v) is 3.99. The molecule has 0 unspecified atom stereocenters. The van der Waals surface area contributed by atoms with Crippen molar-refractivity contribution in [1.29, 1.82) is 0 Å². The van der Waals surface area contributed by atoms with Crippen LogP contribution in [-0.4, -0.2) is 47.1 Å². The van der Waals surface area contributed by atoms with Gasteiger partial charge in [-0.2, -0.15) is 4.98 Å². The van der Waals surface area contributed by atoms with Crippen molar-refractivity contribution in [3.63, 3.8) is 0 Å². The molecule has 2 aromatic rings. The molecule has 1 saturated carbocycles. The van der Waals surface area contributed by atoms with Gasteiger partial charge in [-0.3, -0.25) is 4.90 Å². The first-order valence-corrected chi connectivity index (χ1v) is 10.5. The maximum absolute atomic E-state index is 6.06. The molecule has 1 saturated heterocycles. The van der Waals surface area contributed by atoms with Gasteiger partial charge < -0.3 is 16.0 Å². The smallest absolute Gasteiger partial charge is 0.229 e. The van der Waals surface area contributed by atoms with Crippen LogP contribution >= 0.6 is 0 Å². The molecule has 1 aromatic carbocycles. The summed E-state index contributed by atoms with van der Waals surface area (Å²) in [4.78, 5) is 14.6. The van der Waals surface area contributed by atoms with Crippen LogP contribution < -0.4 is 16.0 Å². The molecule has 3 N–H and O–H groups in total. The van der Waals surface area contributed by atoms with Crippen molar-refractivity contribution in [2.75, 3.05) is 36.1 Å². The number of nitrogen functional groups attached to an aromatic ring is 1. The predicted molar refractivity (Wildman–Crippen MR) is 116 cm³/mol. The molecule has 0 amide bonds. The molecule has 0 radical (unpaired) electrons. The van der Waals surface area contributed by atoms with Crippen LogP contribution in [0, 0.1) is 6.92 Å². The number of aryl methyl sites for hydroxylation is 2. The Hall–Kier alpha value is -2.34. The molecule has 0 bridgehead atoms. The van der Waals surface area contributed by atoms with Gasteiger partial charge in [-0.15, -0.1) is 0 Å². The summed E-state index contributed by atoms with van der Waals surface area (Å²) in [5, 5.41) is 3.36. The molecule has 1 aliphatic carbocycles. The van der Waals surface area contributed by atoms with Gasteiger partial charge in [0, 0.05) is 48.3 Å². The molecule has 4 rings (SSSR count). The van der Waals surface area contributed by atoms with Crippen LogP contribution in [0.1, 0.15) is 43.9 Å². The number of aromatic nitrogens is 2. The van der Waals surface area contributed by atoms with E-state index < -0.39 is 0 Å². The van der Waals surface area contributed by atoms with Crippen molar-refractivity contribution in [2.24, 2.45) is 0 Å². The summed E-state index contributed by atoms with van der Waals surface area (Å²) < 4.78 is 0. The highest BCUT2D eigenvalue weighted by molar-refractivity contribution is 5.63. The normalized spacial score (nSPS) is 19.4. The van der Waals surface area contributed by atoms with Crippen molar-refractivity contribution in [3.05, 3.63) is 35.5 Å². The second-order valence-corrected chi connectivity index (χ2v) is 8.27. The average molecular weight is 381 g/mol. The summed E-state index contributed by atoms with van der Waals surface area (Å²) in [6.07, 6.45) is 5.95. The van der Waals surface area contributed by atoms with Gasteiger partial charge in [0.25, 0.3) is 0 Å². The number of nitrogens with zero attached hydrogens (tertiary/aromatic N) is 4. The van der Waals surface area contributed by atoms with Crippen LogP contribution in [0.5, 0.6) is 0 Å². The largest absolute Gasteiger partial charge is 0.398 e. The predicted octanol–water partition coefficient (Wildman–Crippen LogP) is 3.74. The van der Waals surface area contributed by atoms with E-state index in [2.05, 4.69) is 35.2 Å². The minimum absolute atomic E-state index is 0.630. The zero-order valence-corrected chi connectivity index (χ0v) is 17.3. The fourth-order valence-electron chi connectivity index (χ4n) is 3.99. The number of anilines is 4. The summed E-state index contributed by atoms with van der Waals surface area (Å²) in [5.41, 5.74) is 9.94. The lowest BCUT2D eigenvalue weighted by molar-refractivity contribution is 0.249. The summed E-state index contributed by atoms with van der Waals surface area (Å²) in [7, 11) is 2.28. The third-order valence-corrected chi connectivity index (χ3v) is 5.99. The highest BCUT2D eigenvalue weighted by Gasteiger charge is 2.35. The third kappa shape index (κ3) is 4.22. The van der Waals surface area contributed by atoms with Gasteiger partial charge >= 0.3 is 0 Å². The first kappa shape index (κ1) is 19.0. The first-order chi connectivity index (χ1) is 13.5. The SMILES string of the molecule is CCCc1cc(N2CC[C@H](N(C)C3CC3)C2)nc(Nc2ccc(C)c(N)c2)n1. The molecule has 150 valence electrons. The molecule has 6 nitrogen and oxygen atoms in total. The summed E-state index contributed by atoms with van der Waals surface area (Å²) in [5.74, 6) is 1.69. The van der Waals surface area contributed by atoms with Crippen LogP contribution in [0.25, 0.3) is 0 Å². The van der Waals surface area contributed by atoms with Gasteiger partial charge in [-0.25, -0.2) is 4.98 Å². The van der Waals surface area contributed by atoms with Crippen LogP contribution in [-0.2, 0) is 6.42 Å². The number of rotatable bonds is 7. The van der Waals surface area contributed by atoms with E-state index in [1.165, 1.54) is 19.3 Å². The standard InChI is InChI=1S/C22H32N6/c1-4-5-16-13-21(28-11-10-19(14-28)27(3)18-8-9-18)26-22(24-16)25-17-7-6-15(2)20(23)12-17/h6-7,12-13,18-19H,4-5,8-11,14,23H2,1-3H3,(H,24,25,26)/t19-/m0/s1. The van der Waals surface area contributed by atoms with Crippen LogP contribution in [0.3, 0.4) is 0 Å². The fraction of sp³-hybridized carbons (Fsp3) is 0.545. The van der Waals surface area contributed by atoms with Crippen LogP contribution in [0.2, 0.25) is 0 Å². The summed E-state index contributed by atoms with van der Waals surface area (Å²) in [6, 6.07) is 9.59. The minimum atomic E-state index is 0.630. The summed E-state index contributed by atoms with van der Waals surface area (Å²) in [6.45, 7) is 6.30. The quantitative estimate of drug-likeness (QED) is 0.713. The molecular weight excluding hydrogens is 348 g/mol. The molecule has 2 aliphatic rings. The van der Waals surface area contributed by atoms with Crippen molar-refractivity contribution in [3.8, 4) is 0 Å². The molecule has 2 heterocycles. The van der Waals surface area contributed by atoms with E-state index >= 15 is 0 Å². The molecule has 6 heteroatoms. The molecule has 28 heavy (non-hydrogen) atoms. The van der Waals surface area contributed by atoms with Crippen molar-refractivity contribution >= 4 is 23.1 Å². The van der Waals surface area contributed by atoms with Crippen molar-refractivity contribution < 1.29 is 0 Å². The Morgan fingerprint density at radius 2 is 2.00 bits per heavy atom. The van der Waals surface area contributed by atoms with Crippen molar-refractivity contribution in [1.82, 2.24) is 14.9 Å². The minimum Gasteiger partial charge on any atom is -0.398 e. The lowest BCUT2D eigenvalue weighted by Gasteiger charge is -2.25. The van der Waals surface area contributed by atoms with Gasteiger partial charge in [0.05, 0.1) is 0 Å². The lowest BCUT2D eigenvalue weighted by atomic mass is 10.2. The second-order valence-electron chi connectivity index (χ2n) is 8.27. The molecule has 1 aromatic heterocycles. The van der Waals surface area contributed by atoms with Crippen LogP contribution in [0.15, 0.2) is 24.3 Å². The molecule has 2 fully saturated rings. The van der Waals surface area contributed by atoms with E-state index in [1.54, 1.807) is 0 Å². The van der Waals surface area contributed by atoms with Gasteiger partial charge in [-0.05, 0) is 57.4 Å². The van der Waals surface area contributed by atoms with E-state index in [1.807, 2.05) is 25.1 Å². The van der Waals surface area contributed by atoms with Crippen molar-refractivity contribution in [2.45, 2.75) is 58.0 Å². The topological polar surface area (TPSA) is 70.3 Å². The number of hydrogen-bond donors (Lipinski definition) is 2. The number of likely N-dealkylation sites (N-methyl/N-ethyl adjacent to an activating group) is 1. The maximum Gasteiger partial charge on any atom is 0.229 e. The Bertz CT molecular complexity index is 832. The van der Waals surface area contributed by atoms with E-state index in [0.29, 0.717) is 12.0 Å². The third-order valence-electron chi connectivity index (χ3n) is 5.99. The zero-order chi connectivity index (χ0) is 19.7. The Labute approximate surface area is 168 Å². The first-order valence-electron chi connectivity index (χ1n) is 10.5. The van der Waals surface area contributed by atoms with E-state index in [-0.39, 0.29) is 0 Å². The number of benzene rings is 1. The number of nitrogens with one attached hydrogen (secondary N) is 1. The van der Waals surface area contributed by atoms with E-state index in [9.17, 15) is 0 Å². The van der Waals surface area contributed by atoms with Gasteiger partial charge in [0.15, 0.2) is 0 Å². The second kappa shape index (κ2) is 7.95. The zero-order valence-electron chi connectivity index (χ0n) is 17.3. The summed E-state index contributed by atoms with van der Waals surface area (Å²) >= 11 is 0. The van der Waals surface area contributed by atoms with Gasteiger partial charge in [0.2, 0.25) is 5.95 Å². The van der Waals surface area contributed by atoms with Crippen LogP contribution in [0.4, 0.5) is 23.1 Å². The Balaban J connectivity index is 1.54. The van der Waals surface area contributed by atoms with E-state index in [0.717, 1.165) is 60.4 Å². The van der Waals surface area contributed by atoms with E-state index in [4.69, 9.17) is 15.7 Å². The lowest BCUT2D eigenvalue weighted by Crippen LogP contribution is -2.36. The number of nitrogens with two attached hydrogens (primary N) is 1. The Morgan fingerprint density at radius 1 is 1.18 bits per heavy atom. The van der Waals surface area contributed by atoms with Gasteiger partial charge in [0.1, 0.15) is 5.82 Å². The monoisotopic (exact) mass is 380 g/mol. The number of hydrogen-bond acceptors (Lipinski definition) is 6. The highest BCUT2D eigenvalue weighted by Crippen LogP contribution is 2.31. The molecule has 0 spiro atoms. The Morgan fingerprint density at radius 3 is 2.71 bits per heavy atom. The average Bonchev–Trinajstić information content (AvgIpc) is 3.40. The Kier molecular flexibility index (Phi) is 5.40. The highest BCUT2D eigenvalue weighted by atomic mass is 15.3.